The third kappa shape index (κ3) is 7.21. The van der Waals surface area contributed by atoms with Crippen LogP contribution in [-0.4, -0.2) is 55.9 Å². The molecule has 1 aromatic carbocycles. The molecule has 0 aromatic heterocycles. The van der Waals surface area contributed by atoms with E-state index in [4.69, 9.17) is 4.74 Å². The van der Waals surface area contributed by atoms with Crippen LogP contribution in [0.2, 0.25) is 0 Å². The van der Waals surface area contributed by atoms with E-state index in [1.165, 1.54) is 14.0 Å². The minimum absolute atomic E-state index is 0.0706. The fourth-order valence-corrected chi connectivity index (χ4v) is 2.22. The van der Waals surface area contributed by atoms with Gasteiger partial charge >= 0.3 is 0 Å². The van der Waals surface area contributed by atoms with Gasteiger partial charge in [-0.25, -0.2) is 0 Å². The van der Waals surface area contributed by atoms with Crippen LogP contribution < -0.4 is 20.7 Å². The molecule has 0 aliphatic rings. The molecule has 0 unspecified atom stereocenters. The highest BCUT2D eigenvalue weighted by molar-refractivity contribution is 5.96. The standard InChI is InChI=1S/C17H26N4O4/c1-5-18-16(23)10-21(6-2)11-17(24)20-14-9-13(19-12(3)22)7-8-15(14)25-4/h7-9H,5-6,10-11H2,1-4H3,(H,18,23)(H,19,22)(H,20,24). The van der Waals surface area contributed by atoms with Crippen LogP contribution in [0.1, 0.15) is 20.8 Å². The van der Waals surface area contributed by atoms with Crippen LogP contribution in [-0.2, 0) is 14.4 Å². The van der Waals surface area contributed by atoms with Gasteiger partial charge in [-0.05, 0) is 31.7 Å². The Morgan fingerprint density at radius 2 is 1.76 bits per heavy atom. The highest BCUT2D eigenvalue weighted by atomic mass is 16.5. The summed E-state index contributed by atoms with van der Waals surface area (Å²) < 4.78 is 5.23. The summed E-state index contributed by atoms with van der Waals surface area (Å²) >= 11 is 0. The predicted octanol–water partition coefficient (Wildman–Crippen LogP) is 1.05. The highest BCUT2D eigenvalue weighted by Crippen LogP contribution is 2.27. The van der Waals surface area contributed by atoms with E-state index in [1.54, 1.807) is 23.1 Å². The molecule has 0 aliphatic heterocycles. The van der Waals surface area contributed by atoms with Gasteiger partial charge < -0.3 is 20.7 Å². The average Bonchev–Trinajstić information content (AvgIpc) is 2.54. The number of carbonyl (C=O) groups is 3. The summed E-state index contributed by atoms with van der Waals surface area (Å²) in [6, 6.07) is 4.97. The molecule has 0 heterocycles. The number of likely N-dealkylation sites (N-methyl/N-ethyl adjacent to an activating group) is 2. The van der Waals surface area contributed by atoms with Crippen LogP contribution in [0.25, 0.3) is 0 Å². The van der Waals surface area contributed by atoms with Crippen molar-refractivity contribution in [2.24, 2.45) is 0 Å². The Kier molecular flexibility index (Phi) is 8.42. The van der Waals surface area contributed by atoms with Gasteiger partial charge in [0.15, 0.2) is 0 Å². The third-order valence-corrected chi connectivity index (χ3v) is 3.35. The molecule has 1 aromatic rings. The van der Waals surface area contributed by atoms with Crippen LogP contribution in [0, 0.1) is 0 Å². The quantitative estimate of drug-likeness (QED) is 0.618. The average molecular weight is 350 g/mol. The highest BCUT2D eigenvalue weighted by Gasteiger charge is 2.15. The lowest BCUT2D eigenvalue weighted by Gasteiger charge is -2.19. The van der Waals surface area contributed by atoms with Gasteiger partial charge in [0.25, 0.3) is 0 Å². The SMILES string of the molecule is CCNC(=O)CN(CC)CC(=O)Nc1cc(NC(C)=O)ccc1OC. The Bertz CT molecular complexity index is 619. The summed E-state index contributed by atoms with van der Waals surface area (Å²) in [4.78, 5) is 36.8. The summed E-state index contributed by atoms with van der Waals surface area (Å²) in [6.45, 7) is 6.47. The Balaban J connectivity index is 2.76. The first-order valence-electron chi connectivity index (χ1n) is 8.14. The first-order valence-corrected chi connectivity index (χ1v) is 8.14. The van der Waals surface area contributed by atoms with Crippen molar-refractivity contribution >= 4 is 29.1 Å². The largest absolute Gasteiger partial charge is 0.495 e. The molecule has 25 heavy (non-hydrogen) atoms. The number of amides is 3. The van der Waals surface area contributed by atoms with Crippen LogP contribution in [0.3, 0.4) is 0 Å². The van der Waals surface area contributed by atoms with Crippen molar-refractivity contribution in [1.82, 2.24) is 10.2 Å². The van der Waals surface area contributed by atoms with E-state index >= 15 is 0 Å². The number of methoxy groups -OCH3 is 1. The summed E-state index contributed by atoms with van der Waals surface area (Å²) in [5, 5.41) is 8.11. The van der Waals surface area contributed by atoms with E-state index in [2.05, 4.69) is 16.0 Å². The maximum Gasteiger partial charge on any atom is 0.238 e. The van der Waals surface area contributed by atoms with Crippen LogP contribution in [0.15, 0.2) is 18.2 Å². The summed E-state index contributed by atoms with van der Waals surface area (Å²) in [6.07, 6.45) is 0. The van der Waals surface area contributed by atoms with Gasteiger partial charge in [-0.3, -0.25) is 19.3 Å². The topological polar surface area (TPSA) is 99.8 Å². The Morgan fingerprint density at radius 3 is 2.32 bits per heavy atom. The molecule has 0 spiro atoms. The minimum atomic E-state index is -0.274. The molecule has 0 atom stereocenters. The van der Waals surface area contributed by atoms with E-state index in [9.17, 15) is 14.4 Å². The van der Waals surface area contributed by atoms with E-state index in [1.807, 2.05) is 13.8 Å². The third-order valence-electron chi connectivity index (χ3n) is 3.35. The van der Waals surface area contributed by atoms with E-state index in [0.717, 1.165) is 0 Å². The minimum Gasteiger partial charge on any atom is -0.495 e. The fraction of sp³-hybridized carbons (Fsp3) is 0.471. The number of anilines is 2. The maximum absolute atomic E-state index is 12.3. The van der Waals surface area contributed by atoms with Gasteiger partial charge in [-0.2, -0.15) is 0 Å². The Morgan fingerprint density at radius 1 is 1.08 bits per heavy atom. The number of nitrogens with zero attached hydrogens (tertiary/aromatic N) is 1. The van der Waals surface area contributed by atoms with E-state index in [0.29, 0.717) is 30.2 Å². The molecule has 0 saturated heterocycles. The van der Waals surface area contributed by atoms with Gasteiger partial charge in [0.05, 0.1) is 25.9 Å². The molecule has 0 bridgehead atoms. The summed E-state index contributed by atoms with van der Waals surface area (Å²) in [5.41, 5.74) is 1.01. The molecule has 0 saturated carbocycles. The first-order chi connectivity index (χ1) is 11.9. The molecule has 8 heteroatoms. The molecule has 0 aliphatic carbocycles. The van der Waals surface area contributed by atoms with Crippen molar-refractivity contribution in [3.05, 3.63) is 18.2 Å². The number of benzene rings is 1. The van der Waals surface area contributed by atoms with Crippen molar-refractivity contribution in [3.8, 4) is 5.75 Å². The number of ether oxygens (including phenoxy) is 1. The molecule has 0 radical (unpaired) electrons. The Labute approximate surface area is 147 Å². The number of carbonyl (C=O) groups excluding carboxylic acids is 3. The smallest absolute Gasteiger partial charge is 0.238 e. The second-order valence-corrected chi connectivity index (χ2v) is 5.40. The molecular formula is C17H26N4O4. The summed E-state index contributed by atoms with van der Waals surface area (Å²) in [7, 11) is 1.50. The zero-order valence-electron chi connectivity index (χ0n) is 15.1. The van der Waals surface area contributed by atoms with Crippen molar-refractivity contribution in [1.29, 1.82) is 0 Å². The van der Waals surface area contributed by atoms with E-state index < -0.39 is 0 Å². The molecule has 138 valence electrons. The molecule has 3 amide bonds. The first kappa shape index (κ1) is 20.4. The van der Waals surface area contributed by atoms with Gasteiger partial charge in [-0.15, -0.1) is 0 Å². The number of rotatable bonds is 9. The van der Waals surface area contributed by atoms with E-state index in [-0.39, 0.29) is 30.8 Å². The molecule has 0 fully saturated rings. The second-order valence-electron chi connectivity index (χ2n) is 5.40. The lowest BCUT2D eigenvalue weighted by atomic mass is 10.2. The van der Waals surface area contributed by atoms with Gasteiger partial charge in [-0.1, -0.05) is 6.92 Å². The van der Waals surface area contributed by atoms with Gasteiger partial charge in [0, 0.05) is 19.2 Å². The fourth-order valence-electron chi connectivity index (χ4n) is 2.22. The van der Waals surface area contributed by atoms with Crippen molar-refractivity contribution in [2.75, 3.05) is 43.9 Å². The molecule has 8 nitrogen and oxygen atoms in total. The lowest BCUT2D eigenvalue weighted by molar-refractivity contribution is -0.123. The van der Waals surface area contributed by atoms with Gasteiger partial charge in [0.2, 0.25) is 17.7 Å². The van der Waals surface area contributed by atoms with Crippen LogP contribution in [0.5, 0.6) is 5.75 Å². The Hall–Kier alpha value is -2.61. The zero-order valence-corrected chi connectivity index (χ0v) is 15.1. The van der Waals surface area contributed by atoms with Crippen molar-refractivity contribution in [3.63, 3.8) is 0 Å². The van der Waals surface area contributed by atoms with Crippen LogP contribution in [0.4, 0.5) is 11.4 Å². The van der Waals surface area contributed by atoms with Gasteiger partial charge in [0.1, 0.15) is 5.75 Å². The monoisotopic (exact) mass is 350 g/mol. The second kappa shape index (κ2) is 10.3. The zero-order chi connectivity index (χ0) is 18.8. The molecular weight excluding hydrogens is 324 g/mol. The maximum atomic E-state index is 12.3. The number of hydrogen-bond acceptors (Lipinski definition) is 5. The van der Waals surface area contributed by atoms with Crippen molar-refractivity contribution in [2.45, 2.75) is 20.8 Å². The number of hydrogen-bond donors (Lipinski definition) is 3. The van der Waals surface area contributed by atoms with Crippen molar-refractivity contribution < 1.29 is 19.1 Å². The number of nitrogens with one attached hydrogen (secondary N) is 3. The van der Waals surface area contributed by atoms with Crippen LogP contribution >= 0.6 is 0 Å². The molecule has 3 N–H and O–H groups in total. The predicted molar refractivity (Wildman–Crippen MR) is 96.7 cm³/mol. The molecule has 1 rings (SSSR count). The summed E-state index contributed by atoms with van der Waals surface area (Å²) in [5.74, 6) is -0.123. The lowest BCUT2D eigenvalue weighted by Crippen LogP contribution is -2.41. The normalized spacial score (nSPS) is 10.3.